The summed E-state index contributed by atoms with van der Waals surface area (Å²) in [5.74, 6) is 0.627. The molecule has 1 aromatic heterocycles. The molecule has 2 aliphatic rings. The van der Waals surface area contributed by atoms with E-state index in [1.54, 1.807) is 10.5 Å². The molecular weight excluding hydrogens is 304 g/mol. The van der Waals surface area contributed by atoms with Crippen LogP contribution in [0.5, 0.6) is 0 Å². The molecule has 0 amide bonds. The maximum atomic E-state index is 12.8. The SMILES string of the molecule is Cc1ccnc(N2CCCC(S(=O)(=O)N3CCOCC3)C2)n1. The average molecular weight is 326 g/mol. The van der Waals surface area contributed by atoms with Crippen molar-refractivity contribution in [1.82, 2.24) is 14.3 Å². The van der Waals surface area contributed by atoms with Crippen LogP contribution in [0.1, 0.15) is 18.5 Å². The summed E-state index contributed by atoms with van der Waals surface area (Å²) in [4.78, 5) is 10.7. The van der Waals surface area contributed by atoms with Crippen LogP contribution < -0.4 is 4.90 Å². The van der Waals surface area contributed by atoms with Crippen LogP contribution in [0.2, 0.25) is 0 Å². The molecule has 2 fully saturated rings. The van der Waals surface area contributed by atoms with Gasteiger partial charge in [0.15, 0.2) is 0 Å². The molecule has 0 aromatic carbocycles. The molecule has 1 aromatic rings. The van der Waals surface area contributed by atoms with E-state index >= 15 is 0 Å². The standard InChI is InChI=1S/C14H22N4O3S/c1-12-4-5-15-14(16-12)17-6-2-3-13(11-17)22(19,20)18-7-9-21-10-8-18/h4-5,13H,2-3,6-11H2,1H3. The summed E-state index contributed by atoms with van der Waals surface area (Å²) in [5.41, 5.74) is 0.892. The average Bonchev–Trinajstić information content (AvgIpc) is 2.56. The van der Waals surface area contributed by atoms with Crippen molar-refractivity contribution in [2.45, 2.75) is 25.0 Å². The lowest BCUT2D eigenvalue weighted by molar-refractivity contribution is 0.0725. The molecule has 7 nitrogen and oxygen atoms in total. The Kier molecular flexibility index (Phi) is 4.60. The first kappa shape index (κ1) is 15.6. The van der Waals surface area contributed by atoms with Crippen LogP contribution in [0.25, 0.3) is 0 Å². The fourth-order valence-electron chi connectivity index (χ4n) is 2.96. The van der Waals surface area contributed by atoms with Crippen LogP contribution in [0, 0.1) is 6.92 Å². The van der Waals surface area contributed by atoms with Gasteiger partial charge in [-0.25, -0.2) is 18.4 Å². The largest absolute Gasteiger partial charge is 0.379 e. The molecule has 1 unspecified atom stereocenters. The number of piperidine rings is 1. The first-order valence-electron chi connectivity index (χ1n) is 7.69. The highest BCUT2D eigenvalue weighted by Crippen LogP contribution is 2.23. The smallest absolute Gasteiger partial charge is 0.225 e. The predicted molar refractivity (Wildman–Crippen MR) is 83.3 cm³/mol. The van der Waals surface area contributed by atoms with E-state index in [1.165, 1.54) is 0 Å². The van der Waals surface area contributed by atoms with Crippen LogP contribution in [-0.2, 0) is 14.8 Å². The van der Waals surface area contributed by atoms with Gasteiger partial charge in [0.2, 0.25) is 16.0 Å². The van der Waals surface area contributed by atoms with Gasteiger partial charge in [-0.2, -0.15) is 4.31 Å². The number of sulfonamides is 1. The molecule has 0 aliphatic carbocycles. The van der Waals surface area contributed by atoms with Gasteiger partial charge in [0.1, 0.15) is 0 Å². The molecule has 2 saturated heterocycles. The molecule has 3 heterocycles. The van der Waals surface area contributed by atoms with Gasteiger partial charge < -0.3 is 9.64 Å². The van der Waals surface area contributed by atoms with E-state index in [0.717, 1.165) is 18.7 Å². The van der Waals surface area contributed by atoms with E-state index < -0.39 is 10.0 Å². The second kappa shape index (κ2) is 6.47. The summed E-state index contributed by atoms with van der Waals surface area (Å²) in [7, 11) is -3.28. The first-order chi connectivity index (χ1) is 10.6. The fourth-order valence-corrected chi connectivity index (χ4v) is 4.88. The second-order valence-corrected chi connectivity index (χ2v) is 7.98. The number of morpholine rings is 1. The molecule has 0 saturated carbocycles. The Hall–Kier alpha value is -1.25. The Balaban J connectivity index is 1.75. The fraction of sp³-hybridized carbons (Fsp3) is 0.714. The predicted octanol–water partition coefficient (Wildman–Crippen LogP) is 0.416. The van der Waals surface area contributed by atoms with Gasteiger partial charge in [0.05, 0.1) is 18.5 Å². The van der Waals surface area contributed by atoms with Crippen molar-refractivity contribution in [1.29, 1.82) is 0 Å². The highest BCUT2D eigenvalue weighted by molar-refractivity contribution is 7.89. The summed E-state index contributed by atoms with van der Waals surface area (Å²) in [6, 6.07) is 1.84. The molecule has 1 atom stereocenters. The van der Waals surface area contributed by atoms with E-state index in [9.17, 15) is 8.42 Å². The van der Waals surface area contributed by atoms with Gasteiger partial charge in [-0.1, -0.05) is 0 Å². The quantitative estimate of drug-likeness (QED) is 0.801. The molecule has 8 heteroatoms. The van der Waals surface area contributed by atoms with Crippen LogP contribution in [-0.4, -0.2) is 67.3 Å². The van der Waals surface area contributed by atoms with Crippen molar-refractivity contribution in [3.05, 3.63) is 18.0 Å². The van der Waals surface area contributed by atoms with Crippen LogP contribution in [0.4, 0.5) is 5.95 Å². The summed E-state index contributed by atoms with van der Waals surface area (Å²) in [5, 5.41) is -0.386. The lowest BCUT2D eigenvalue weighted by Gasteiger charge is -2.36. The minimum Gasteiger partial charge on any atom is -0.379 e. The molecule has 0 spiro atoms. The van der Waals surface area contributed by atoms with E-state index in [4.69, 9.17) is 4.74 Å². The lowest BCUT2D eigenvalue weighted by Crippen LogP contribution is -2.51. The number of aryl methyl sites for hydroxylation is 1. The van der Waals surface area contributed by atoms with E-state index in [-0.39, 0.29) is 5.25 Å². The van der Waals surface area contributed by atoms with E-state index in [0.29, 0.717) is 45.2 Å². The number of hydrogen-bond donors (Lipinski definition) is 0. The third-order valence-corrected chi connectivity index (χ3v) is 6.51. The highest BCUT2D eigenvalue weighted by Gasteiger charge is 2.36. The number of rotatable bonds is 3. The monoisotopic (exact) mass is 326 g/mol. The van der Waals surface area contributed by atoms with Gasteiger partial charge in [-0.05, 0) is 25.8 Å². The number of anilines is 1. The Morgan fingerprint density at radius 3 is 2.77 bits per heavy atom. The zero-order valence-electron chi connectivity index (χ0n) is 12.8. The summed E-state index contributed by atoms with van der Waals surface area (Å²) in [6.07, 6.45) is 3.26. The Labute approximate surface area is 131 Å². The van der Waals surface area contributed by atoms with Crippen LogP contribution >= 0.6 is 0 Å². The zero-order valence-corrected chi connectivity index (χ0v) is 13.6. The zero-order chi connectivity index (χ0) is 15.6. The number of ether oxygens (including phenoxy) is 1. The van der Waals surface area contributed by atoms with Gasteiger partial charge in [0.25, 0.3) is 0 Å². The van der Waals surface area contributed by atoms with E-state index in [1.807, 2.05) is 17.9 Å². The Bertz CT molecular complexity index is 616. The second-order valence-electron chi connectivity index (χ2n) is 5.76. The van der Waals surface area contributed by atoms with Gasteiger partial charge in [-0.15, -0.1) is 0 Å². The molecule has 122 valence electrons. The van der Waals surface area contributed by atoms with Crippen molar-refractivity contribution in [3.63, 3.8) is 0 Å². The summed E-state index contributed by atoms with van der Waals surface area (Å²) in [6.45, 7) is 5.06. The topological polar surface area (TPSA) is 75.6 Å². The third kappa shape index (κ3) is 3.23. The van der Waals surface area contributed by atoms with Crippen molar-refractivity contribution < 1.29 is 13.2 Å². The van der Waals surface area contributed by atoms with Crippen LogP contribution in [0.15, 0.2) is 12.3 Å². The third-order valence-electron chi connectivity index (χ3n) is 4.19. The number of hydrogen-bond acceptors (Lipinski definition) is 6. The van der Waals surface area contributed by atoms with Crippen molar-refractivity contribution >= 4 is 16.0 Å². The minimum atomic E-state index is -3.28. The molecule has 3 rings (SSSR count). The Morgan fingerprint density at radius 1 is 1.27 bits per heavy atom. The maximum absolute atomic E-state index is 12.8. The Morgan fingerprint density at radius 2 is 2.05 bits per heavy atom. The summed E-state index contributed by atoms with van der Waals surface area (Å²) >= 11 is 0. The molecule has 0 N–H and O–H groups in total. The number of aromatic nitrogens is 2. The van der Waals surface area contributed by atoms with Crippen LogP contribution in [0.3, 0.4) is 0 Å². The molecule has 2 aliphatic heterocycles. The lowest BCUT2D eigenvalue weighted by atomic mass is 10.1. The van der Waals surface area contributed by atoms with Crippen molar-refractivity contribution in [2.24, 2.45) is 0 Å². The van der Waals surface area contributed by atoms with Gasteiger partial charge in [0, 0.05) is 38.1 Å². The molecule has 0 radical (unpaired) electrons. The summed E-state index contributed by atoms with van der Waals surface area (Å²) < 4.78 is 32.4. The highest BCUT2D eigenvalue weighted by atomic mass is 32.2. The maximum Gasteiger partial charge on any atom is 0.225 e. The van der Waals surface area contributed by atoms with E-state index in [2.05, 4.69) is 9.97 Å². The van der Waals surface area contributed by atoms with Crippen molar-refractivity contribution in [2.75, 3.05) is 44.3 Å². The molecule has 22 heavy (non-hydrogen) atoms. The number of nitrogens with zero attached hydrogens (tertiary/aromatic N) is 4. The normalized spacial score (nSPS) is 24.4. The van der Waals surface area contributed by atoms with Gasteiger partial charge >= 0.3 is 0 Å². The van der Waals surface area contributed by atoms with Gasteiger partial charge in [-0.3, -0.25) is 0 Å². The molecular formula is C14H22N4O3S. The molecule has 0 bridgehead atoms. The first-order valence-corrected chi connectivity index (χ1v) is 9.19. The van der Waals surface area contributed by atoms with Crippen molar-refractivity contribution in [3.8, 4) is 0 Å². The minimum absolute atomic E-state index is 0.386.